The molecule has 0 atom stereocenters. The molecule has 0 unspecified atom stereocenters. The highest BCUT2D eigenvalue weighted by atomic mass is 32.2. The summed E-state index contributed by atoms with van der Waals surface area (Å²) in [4.78, 5) is 18.3. The summed E-state index contributed by atoms with van der Waals surface area (Å²) < 4.78 is 0.814. The highest BCUT2D eigenvalue weighted by Crippen LogP contribution is 2.31. The number of nitrogens with zero attached hydrogens (tertiary/aromatic N) is 1. The van der Waals surface area contributed by atoms with Crippen LogP contribution in [0.3, 0.4) is 0 Å². The Bertz CT molecular complexity index is 514. The van der Waals surface area contributed by atoms with Gasteiger partial charge >= 0.3 is 0 Å². The van der Waals surface area contributed by atoms with Crippen LogP contribution in [0.25, 0.3) is 6.08 Å². The number of aliphatic imine (C=N–C) groups is 1. The third kappa shape index (κ3) is 3.34. The number of carbonyl (C=O) groups is 1. The molecule has 0 fully saturated rings. The average Bonchev–Trinajstić information content (AvgIpc) is 2.84. The predicted molar refractivity (Wildman–Crippen MR) is 79.7 cm³/mol. The van der Waals surface area contributed by atoms with E-state index < -0.39 is 0 Å². The highest BCUT2D eigenvalue weighted by Gasteiger charge is 2.22. The fourth-order valence-corrected chi connectivity index (χ4v) is 3.66. The normalized spacial score (nSPS) is 17.6. The van der Waals surface area contributed by atoms with Crippen molar-refractivity contribution in [2.75, 3.05) is 5.75 Å². The predicted octanol–water partition coefficient (Wildman–Crippen LogP) is 3.95. The highest BCUT2D eigenvalue weighted by molar-refractivity contribution is 8.45. The molecule has 2 rings (SSSR count). The summed E-state index contributed by atoms with van der Waals surface area (Å²) in [5.74, 6) is 0.782. The Morgan fingerprint density at radius 1 is 1.53 bits per heavy atom. The van der Waals surface area contributed by atoms with Crippen LogP contribution < -0.4 is 0 Å². The quantitative estimate of drug-likeness (QED) is 0.620. The van der Waals surface area contributed by atoms with Crippen molar-refractivity contribution in [2.24, 2.45) is 4.99 Å². The van der Waals surface area contributed by atoms with Crippen LogP contribution in [0.1, 0.15) is 9.75 Å². The van der Waals surface area contributed by atoms with Gasteiger partial charge in [-0.3, -0.25) is 4.79 Å². The first kappa shape index (κ1) is 12.7. The van der Waals surface area contributed by atoms with Crippen LogP contribution in [0.5, 0.6) is 0 Å². The van der Waals surface area contributed by atoms with Crippen LogP contribution in [0.2, 0.25) is 0 Å². The second-order valence-electron chi connectivity index (χ2n) is 3.34. The zero-order valence-corrected chi connectivity index (χ0v) is 11.8. The van der Waals surface area contributed by atoms with Gasteiger partial charge in [-0.25, -0.2) is 4.99 Å². The molecule has 0 saturated carbocycles. The molecule has 0 spiro atoms. The van der Waals surface area contributed by atoms with Gasteiger partial charge in [-0.2, -0.15) is 0 Å². The van der Waals surface area contributed by atoms with Crippen LogP contribution in [0.4, 0.5) is 0 Å². The Balaban J connectivity index is 2.15. The topological polar surface area (TPSA) is 29.4 Å². The van der Waals surface area contributed by atoms with Gasteiger partial charge in [0.2, 0.25) is 5.12 Å². The van der Waals surface area contributed by atoms with Crippen LogP contribution in [0, 0.1) is 6.92 Å². The van der Waals surface area contributed by atoms with E-state index >= 15 is 0 Å². The standard InChI is InChI=1S/C12H11NOS3/c1-3-6-15-12-13-10(11(14)17-12)7-9-5-4-8(2)16-9/h3-5,7H,1,6H2,2H3. The lowest BCUT2D eigenvalue weighted by Crippen LogP contribution is -1.87. The molecule has 88 valence electrons. The Hall–Kier alpha value is -0.780. The van der Waals surface area contributed by atoms with Gasteiger partial charge in [0.25, 0.3) is 0 Å². The third-order valence-electron chi connectivity index (χ3n) is 1.97. The lowest BCUT2D eigenvalue weighted by atomic mass is 10.3. The second-order valence-corrected chi connectivity index (χ2v) is 6.89. The SMILES string of the molecule is C=CCSC1=NC(=Cc2ccc(C)s2)C(=O)S1. The lowest BCUT2D eigenvalue weighted by molar-refractivity contribution is -0.107. The summed E-state index contributed by atoms with van der Waals surface area (Å²) in [7, 11) is 0. The van der Waals surface area contributed by atoms with Gasteiger partial charge in [-0.15, -0.1) is 17.9 Å². The molecule has 0 aliphatic carbocycles. The van der Waals surface area contributed by atoms with Crippen molar-refractivity contribution < 1.29 is 4.79 Å². The summed E-state index contributed by atoms with van der Waals surface area (Å²) in [6, 6.07) is 4.05. The number of carbonyl (C=O) groups excluding carboxylic acids is 1. The minimum atomic E-state index is 0.0302. The summed E-state index contributed by atoms with van der Waals surface area (Å²) in [5.41, 5.74) is 0.545. The van der Waals surface area contributed by atoms with Crippen molar-refractivity contribution in [3.8, 4) is 0 Å². The van der Waals surface area contributed by atoms with E-state index in [0.29, 0.717) is 5.70 Å². The Morgan fingerprint density at radius 2 is 2.35 bits per heavy atom. The van der Waals surface area contributed by atoms with Gasteiger partial charge < -0.3 is 0 Å². The first-order valence-corrected chi connectivity index (χ1v) is 7.63. The number of thioether (sulfide) groups is 2. The van der Waals surface area contributed by atoms with Gasteiger partial charge in [0.05, 0.1) is 0 Å². The zero-order valence-electron chi connectivity index (χ0n) is 9.30. The van der Waals surface area contributed by atoms with Crippen molar-refractivity contribution in [2.45, 2.75) is 6.92 Å². The van der Waals surface area contributed by atoms with Crippen molar-refractivity contribution in [3.63, 3.8) is 0 Å². The van der Waals surface area contributed by atoms with E-state index in [9.17, 15) is 4.79 Å². The number of aryl methyl sites for hydroxylation is 1. The average molecular weight is 281 g/mol. The van der Waals surface area contributed by atoms with Gasteiger partial charge in [0.15, 0.2) is 0 Å². The largest absolute Gasteiger partial charge is 0.279 e. The summed E-state index contributed by atoms with van der Waals surface area (Å²) in [6.07, 6.45) is 3.66. The summed E-state index contributed by atoms with van der Waals surface area (Å²) in [6.45, 7) is 5.70. The third-order valence-corrected chi connectivity index (χ3v) is 4.92. The molecule has 0 bridgehead atoms. The summed E-state index contributed by atoms with van der Waals surface area (Å²) >= 11 is 4.41. The van der Waals surface area contributed by atoms with Gasteiger partial charge in [-0.05, 0) is 36.9 Å². The van der Waals surface area contributed by atoms with E-state index in [1.54, 1.807) is 23.1 Å². The molecule has 5 heteroatoms. The maximum atomic E-state index is 11.7. The van der Waals surface area contributed by atoms with Crippen LogP contribution in [0.15, 0.2) is 35.5 Å². The van der Waals surface area contributed by atoms with E-state index in [1.165, 1.54) is 16.6 Å². The molecule has 1 aliphatic heterocycles. The molecule has 0 saturated heterocycles. The fraction of sp³-hybridized carbons (Fsp3) is 0.167. The molecule has 2 heterocycles. The molecule has 0 aromatic carbocycles. The zero-order chi connectivity index (χ0) is 12.3. The van der Waals surface area contributed by atoms with Crippen molar-refractivity contribution in [1.29, 1.82) is 0 Å². The molecule has 1 aromatic rings. The molecule has 0 amide bonds. The Labute approximate surface area is 113 Å². The number of hydrogen-bond acceptors (Lipinski definition) is 5. The van der Waals surface area contributed by atoms with E-state index in [1.807, 2.05) is 31.2 Å². The first-order valence-electron chi connectivity index (χ1n) is 5.02. The minimum absolute atomic E-state index is 0.0302. The molecular formula is C12H11NOS3. The van der Waals surface area contributed by atoms with Gasteiger partial charge in [0.1, 0.15) is 10.1 Å². The first-order chi connectivity index (χ1) is 8.19. The number of rotatable bonds is 3. The molecule has 1 aliphatic rings. The van der Waals surface area contributed by atoms with Crippen molar-refractivity contribution >= 4 is 50.4 Å². The minimum Gasteiger partial charge on any atom is -0.279 e. The molecule has 1 aromatic heterocycles. The molecule has 2 nitrogen and oxygen atoms in total. The van der Waals surface area contributed by atoms with Gasteiger partial charge in [-0.1, -0.05) is 17.8 Å². The van der Waals surface area contributed by atoms with E-state index in [2.05, 4.69) is 11.6 Å². The van der Waals surface area contributed by atoms with Crippen molar-refractivity contribution in [3.05, 3.63) is 40.2 Å². The van der Waals surface area contributed by atoms with Crippen LogP contribution >= 0.6 is 34.9 Å². The number of hydrogen-bond donors (Lipinski definition) is 0. The van der Waals surface area contributed by atoms with E-state index in [4.69, 9.17) is 0 Å². The molecule has 0 radical (unpaired) electrons. The maximum absolute atomic E-state index is 11.7. The molecule has 0 N–H and O–H groups in total. The molecular weight excluding hydrogens is 270 g/mol. The second kappa shape index (κ2) is 5.71. The monoisotopic (exact) mass is 281 g/mol. The van der Waals surface area contributed by atoms with E-state index in [0.717, 1.165) is 15.0 Å². The van der Waals surface area contributed by atoms with Gasteiger partial charge in [0, 0.05) is 15.5 Å². The fourth-order valence-electron chi connectivity index (χ4n) is 1.25. The van der Waals surface area contributed by atoms with Crippen LogP contribution in [-0.4, -0.2) is 15.2 Å². The molecule has 17 heavy (non-hydrogen) atoms. The van der Waals surface area contributed by atoms with Crippen LogP contribution in [-0.2, 0) is 4.79 Å². The Morgan fingerprint density at radius 3 is 3.00 bits per heavy atom. The lowest BCUT2D eigenvalue weighted by Gasteiger charge is -1.90. The maximum Gasteiger partial charge on any atom is 0.244 e. The summed E-state index contributed by atoms with van der Waals surface area (Å²) in [5, 5.41) is 0.0302. The van der Waals surface area contributed by atoms with Crippen molar-refractivity contribution in [1.82, 2.24) is 0 Å². The van der Waals surface area contributed by atoms with E-state index in [-0.39, 0.29) is 5.12 Å². The number of thiophene rings is 1. The smallest absolute Gasteiger partial charge is 0.244 e. The Kier molecular flexibility index (Phi) is 4.25.